The molecule has 0 unspecified atom stereocenters. The highest BCUT2D eigenvalue weighted by atomic mass is 32.1. The number of rotatable bonds is 2. The third-order valence-corrected chi connectivity index (χ3v) is 4.84. The molecule has 1 saturated heterocycles. The lowest BCUT2D eigenvalue weighted by atomic mass is 10.1. The summed E-state index contributed by atoms with van der Waals surface area (Å²) in [4.78, 5) is 14.4. The quantitative estimate of drug-likeness (QED) is 0.839. The van der Waals surface area contributed by atoms with E-state index in [1.165, 1.54) is 16.9 Å². The van der Waals surface area contributed by atoms with Crippen molar-refractivity contribution in [2.24, 2.45) is 0 Å². The van der Waals surface area contributed by atoms with Gasteiger partial charge in [-0.15, -0.1) is 11.3 Å². The predicted octanol–water partition coefficient (Wildman–Crippen LogP) is 1.72. The summed E-state index contributed by atoms with van der Waals surface area (Å²) >= 11 is 1.69. The van der Waals surface area contributed by atoms with Crippen LogP contribution in [-0.2, 0) is 12.8 Å². The number of thiophene rings is 1. The molecule has 92 valence electrons. The second-order valence-electron chi connectivity index (χ2n) is 4.93. The zero-order valence-electron chi connectivity index (χ0n) is 9.92. The molecule has 1 aromatic heterocycles. The zero-order valence-corrected chi connectivity index (χ0v) is 10.7. The fourth-order valence-corrected chi connectivity index (χ4v) is 3.83. The first-order valence-corrected chi connectivity index (χ1v) is 7.28. The van der Waals surface area contributed by atoms with Crippen molar-refractivity contribution >= 4 is 17.2 Å². The molecule has 0 aromatic carbocycles. The van der Waals surface area contributed by atoms with Gasteiger partial charge in [0, 0.05) is 17.5 Å². The first-order valence-electron chi connectivity index (χ1n) is 6.46. The fraction of sp³-hybridized carbons (Fsp3) is 0.615. The van der Waals surface area contributed by atoms with Gasteiger partial charge in [-0.3, -0.25) is 4.79 Å². The van der Waals surface area contributed by atoms with Crippen molar-refractivity contribution in [3.05, 3.63) is 21.4 Å². The van der Waals surface area contributed by atoms with E-state index in [0.717, 1.165) is 43.6 Å². The molecule has 0 radical (unpaired) electrons. The maximum atomic E-state index is 12.1. The summed E-state index contributed by atoms with van der Waals surface area (Å²) < 4.78 is 0. The van der Waals surface area contributed by atoms with Gasteiger partial charge in [-0.1, -0.05) is 0 Å². The Balaban J connectivity index is 1.64. The molecule has 3 nitrogen and oxygen atoms in total. The van der Waals surface area contributed by atoms with Crippen LogP contribution in [0.15, 0.2) is 6.07 Å². The van der Waals surface area contributed by atoms with Gasteiger partial charge in [0.15, 0.2) is 0 Å². The lowest BCUT2D eigenvalue weighted by Crippen LogP contribution is -2.45. The van der Waals surface area contributed by atoms with E-state index >= 15 is 0 Å². The van der Waals surface area contributed by atoms with Gasteiger partial charge in [0.1, 0.15) is 0 Å². The van der Waals surface area contributed by atoms with E-state index in [9.17, 15) is 4.79 Å². The van der Waals surface area contributed by atoms with E-state index in [-0.39, 0.29) is 5.91 Å². The van der Waals surface area contributed by atoms with Gasteiger partial charge in [-0.05, 0) is 50.3 Å². The first kappa shape index (κ1) is 11.2. The fourth-order valence-electron chi connectivity index (χ4n) is 2.67. The van der Waals surface area contributed by atoms with Crippen molar-refractivity contribution in [3.8, 4) is 0 Å². The molecule has 0 saturated carbocycles. The van der Waals surface area contributed by atoms with E-state index in [1.807, 2.05) is 0 Å². The predicted molar refractivity (Wildman–Crippen MR) is 69.7 cm³/mol. The summed E-state index contributed by atoms with van der Waals surface area (Å²) in [5.74, 6) is 0.123. The minimum atomic E-state index is 0.123. The molecule has 1 fully saturated rings. The Morgan fingerprint density at radius 3 is 3.12 bits per heavy atom. The van der Waals surface area contributed by atoms with Gasteiger partial charge in [-0.2, -0.15) is 0 Å². The van der Waals surface area contributed by atoms with Crippen LogP contribution in [0.5, 0.6) is 0 Å². The van der Waals surface area contributed by atoms with Crippen LogP contribution in [0.4, 0.5) is 0 Å². The maximum absolute atomic E-state index is 12.1. The van der Waals surface area contributed by atoms with Gasteiger partial charge in [0.05, 0.1) is 4.88 Å². The number of hydrogen-bond acceptors (Lipinski definition) is 3. The van der Waals surface area contributed by atoms with Crippen molar-refractivity contribution < 1.29 is 4.79 Å². The molecule has 0 spiro atoms. The van der Waals surface area contributed by atoms with Crippen molar-refractivity contribution in [3.63, 3.8) is 0 Å². The Morgan fingerprint density at radius 2 is 2.35 bits per heavy atom. The molecule has 0 bridgehead atoms. The molecular weight excluding hydrogens is 232 g/mol. The standard InChI is InChI=1S/C13H18N2OS/c16-13(15-10-4-2-6-14-8-10)12-7-9-3-1-5-11(9)17-12/h7,10,14H,1-6,8H2,(H,15,16)/t10-/m1/s1. The number of nitrogens with one attached hydrogen (secondary N) is 2. The van der Waals surface area contributed by atoms with Crippen LogP contribution < -0.4 is 10.6 Å². The molecule has 3 rings (SSSR count). The summed E-state index contributed by atoms with van der Waals surface area (Å²) in [6.45, 7) is 2.00. The van der Waals surface area contributed by atoms with Gasteiger partial charge in [0.25, 0.3) is 5.91 Å². The number of fused-ring (bicyclic) bond motifs is 1. The van der Waals surface area contributed by atoms with Crippen LogP contribution in [0.1, 0.15) is 39.4 Å². The van der Waals surface area contributed by atoms with Gasteiger partial charge in [-0.25, -0.2) is 0 Å². The van der Waals surface area contributed by atoms with Crippen LogP contribution in [0, 0.1) is 0 Å². The summed E-state index contributed by atoms with van der Waals surface area (Å²) in [5.41, 5.74) is 1.40. The molecule has 2 aliphatic rings. The molecular formula is C13H18N2OS. The molecule has 4 heteroatoms. The molecule has 1 atom stereocenters. The SMILES string of the molecule is O=C(N[C@@H]1CCCNC1)c1cc2c(s1)CCC2. The van der Waals surface area contributed by atoms with E-state index in [0.29, 0.717) is 6.04 Å². The van der Waals surface area contributed by atoms with Crippen LogP contribution in [0.25, 0.3) is 0 Å². The molecule has 2 heterocycles. The van der Waals surface area contributed by atoms with E-state index in [1.54, 1.807) is 11.3 Å². The monoisotopic (exact) mass is 250 g/mol. The average Bonchev–Trinajstić information content (AvgIpc) is 2.90. The third-order valence-electron chi connectivity index (χ3n) is 3.60. The van der Waals surface area contributed by atoms with Crippen molar-refractivity contribution in [2.75, 3.05) is 13.1 Å². The Hall–Kier alpha value is -0.870. The maximum Gasteiger partial charge on any atom is 0.261 e. The van der Waals surface area contributed by atoms with Crippen LogP contribution in [-0.4, -0.2) is 25.0 Å². The third kappa shape index (κ3) is 2.38. The summed E-state index contributed by atoms with van der Waals surface area (Å²) in [5, 5.41) is 6.45. The van der Waals surface area contributed by atoms with Gasteiger partial charge in [0.2, 0.25) is 0 Å². The summed E-state index contributed by atoms with van der Waals surface area (Å²) in [6.07, 6.45) is 5.84. The second kappa shape index (κ2) is 4.78. The van der Waals surface area contributed by atoms with Gasteiger partial charge >= 0.3 is 0 Å². The lowest BCUT2D eigenvalue weighted by Gasteiger charge is -2.23. The van der Waals surface area contributed by atoms with Crippen molar-refractivity contribution in [1.82, 2.24) is 10.6 Å². The number of hydrogen-bond donors (Lipinski definition) is 2. The number of carbonyl (C=O) groups is 1. The first-order chi connectivity index (χ1) is 8.33. The van der Waals surface area contributed by atoms with Crippen molar-refractivity contribution in [1.29, 1.82) is 0 Å². The average molecular weight is 250 g/mol. The summed E-state index contributed by atoms with van der Waals surface area (Å²) in [6, 6.07) is 2.41. The normalized spacial score (nSPS) is 23.4. The van der Waals surface area contributed by atoms with Gasteiger partial charge < -0.3 is 10.6 Å². The Kier molecular flexibility index (Phi) is 3.16. The van der Waals surface area contributed by atoms with Crippen molar-refractivity contribution in [2.45, 2.75) is 38.1 Å². The molecule has 1 aliphatic carbocycles. The minimum Gasteiger partial charge on any atom is -0.347 e. The van der Waals surface area contributed by atoms with E-state index < -0.39 is 0 Å². The minimum absolute atomic E-state index is 0.123. The highest BCUT2D eigenvalue weighted by Crippen LogP contribution is 2.30. The topological polar surface area (TPSA) is 41.1 Å². The number of carbonyl (C=O) groups excluding carboxylic acids is 1. The molecule has 1 aliphatic heterocycles. The summed E-state index contributed by atoms with van der Waals surface area (Å²) in [7, 11) is 0. The molecule has 17 heavy (non-hydrogen) atoms. The highest BCUT2D eigenvalue weighted by Gasteiger charge is 2.21. The number of piperidine rings is 1. The molecule has 1 aromatic rings. The molecule has 1 amide bonds. The Labute approximate surface area is 106 Å². The highest BCUT2D eigenvalue weighted by molar-refractivity contribution is 7.14. The Morgan fingerprint density at radius 1 is 1.41 bits per heavy atom. The lowest BCUT2D eigenvalue weighted by molar-refractivity contribution is 0.0934. The largest absolute Gasteiger partial charge is 0.347 e. The van der Waals surface area contributed by atoms with Crippen LogP contribution in [0.3, 0.4) is 0 Å². The Bertz CT molecular complexity index is 400. The number of amides is 1. The van der Waals surface area contributed by atoms with Crippen LogP contribution in [0.2, 0.25) is 0 Å². The van der Waals surface area contributed by atoms with E-state index in [4.69, 9.17) is 0 Å². The second-order valence-corrected chi connectivity index (χ2v) is 6.07. The molecule has 2 N–H and O–H groups in total. The zero-order chi connectivity index (χ0) is 11.7. The van der Waals surface area contributed by atoms with E-state index in [2.05, 4.69) is 16.7 Å². The number of aryl methyl sites for hydroxylation is 2. The van der Waals surface area contributed by atoms with Crippen LogP contribution >= 0.6 is 11.3 Å². The smallest absolute Gasteiger partial charge is 0.261 e.